The fourth-order valence-corrected chi connectivity index (χ4v) is 3.53. The highest BCUT2D eigenvalue weighted by atomic mass is 19.4. The first-order valence-electron chi connectivity index (χ1n) is 9.76. The standard InChI is InChI=1S/C22H15F6N3O3/c1-12-18-15(20(32)31(11-21(23,24)25)10-13-5-4-8-33-13)9-17(29-19(18)34-30-12)14-6-2-3-7-16(14)22(26,27)28/h2-9H,10-11H2,1H3. The molecule has 12 heteroatoms. The van der Waals surface area contributed by atoms with Gasteiger partial charge in [-0.25, -0.2) is 4.98 Å². The molecule has 0 N–H and O–H groups in total. The van der Waals surface area contributed by atoms with Crippen LogP contribution in [0.1, 0.15) is 27.4 Å². The summed E-state index contributed by atoms with van der Waals surface area (Å²) in [4.78, 5) is 17.9. The number of furan rings is 1. The predicted octanol–water partition coefficient (Wildman–Crippen LogP) is 6.01. The lowest BCUT2D eigenvalue weighted by Gasteiger charge is -2.23. The SMILES string of the molecule is Cc1noc2nc(-c3ccccc3C(F)(F)F)cc(C(=O)N(Cc3ccco3)CC(F)(F)F)c12. The average Bonchev–Trinajstić information content (AvgIpc) is 3.40. The third-order valence-electron chi connectivity index (χ3n) is 4.94. The van der Waals surface area contributed by atoms with Gasteiger partial charge in [-0.15, -0.1) is 0 Å². The van der Waals surface area contributed by atoms with Crippen LogP contribution in [0.25, 0.3) is 22.4 Å². The van der Waals surface area contributed by atoms with Crippen LogP contribution < -0.4 is 0 Å². The Hall–Kier alpha value is -3.83. The molecule has 0 aliphatic heterocycles. The molecule has 0 spiro atoms. The van der Waals surface area contributed by atoms with Crippen molar-refractivity contribution in [2.24, 2.45) is 0 Å². The molecule has 0 saturated heterocycles. The van der Waals surface area contributed by atoms with Crippen molar-refractivity contribution in [1.82, 2.24) is 15.0 Å². The molecule has 1 aromatic carbocycles. The molecule has 0 fully saturated rings. The van der Waals surface area contributed by atoms with Crippen molar-refractivity contribution in [2.75, 3.05) is 6.54 Å². The second-order valence-electron chi connectivity index (χ2n) is 7.40. The van der Waals surface area contributed by atoms with E-state index in [1.165, 1.54) is 37.5 Å². The normalized spacial score (nSPS) is 12.3. The van der Waals surface area contributed by atoms with Crippen molar-refractivity contribution >= 4 is 17.0 Å². The van der Waals surface area contributed by atoms with Gasteiger partial charge in [-0.2, -0.15) is 26.3 Å². The van der Waals surface area contributed by atoms with Gasteiger partial charge in [0.15, 0.2) is 0 Å². The van der Waals surface area contributed by atoms with E-state index in [0.717, 1.165) is 18.2 Å². The fourth-order valence-electron chi connectivity index (χ4n) is 3.53. The van der Waals surface area contributed by atoms with E-state index in [1.807, 2.05) is 0 Å². The van der Waals surface area contributed by atoms with Crippen molar-refractivity contribution in [2.45, 2.75) is 25.8 Å². The van der Waals surface area contributed by atoms with E-state index in [0.29, 0.717) is 4.90 Å². The monoisotopic (exact) mass is 483 g/mol. The second-order valence-corrected chi connectivity index (χ2v) is 7.40. The number of hydrogen-bond acceptors (Lipinski definition) is 5. The van der Waals surface area contributed by atoms with E-state index in [2.05, 4.69) is 10.1 Å². The Bertz CT molecular complexity index is 1330. The van der Waals surface area contributed by atoms with Gasteiger partial charge in [0.25, 0.3) is 11.6 Å². The van der Waals surface area contributed by atoms with Crippen LogP contribution in [0.3, 0.4) is 0 Å². The first kappa shape index (κ1) is 23.3. The van der Waals surface area contributed by atoms with E-state index in [1.54, 1.807) is 0 Å². The topological polar surface area (TPSA) is 72.4 Å². The minimum absolute atomic E-state index is 0.00450. The van der Waals surface area contributed by atoms with Crippen LogP contribution in [-0.2, 0) is 12.7 Å². The first-order chi connectivity index (χ1) is 15.9. The summed E-state index contributed by atoms with van der Waals surface area (Å²) < 4.78 is 90.7. The van der Waals surface area contributed by atoms with Crippen molar-refractivity contribution < 1.29 is 40.1 Å². The van der Waals surface area contributed by atoms with Gasteiger partial charge in [-0.3, -0.25) is 4.79 Å². The molecule has 0 bridgehead atoms. The zero-order chi connectivity index (χ0) is 24.7. The number of pyridine rings is 1. The molecule has 0 aliphatic rings. The molecule has 4 rings (SSSR count). The zero-order valence-corrected chi connectivity index (χ0v) is 17.4. The van der Waals surface area contributed by atoms with Crippen LogP contribution >= 0.6 is 0 Å². The molecule has 34 heavy (non-hydrogen) atoms. The van der Waals surface area contributed by atoms with Crippen LogP contribution in [0, 0.1) is 6.92 Å². The molecule has 0 aliphatic carbocycles. The molecule has 0 saturated carbocycles. The van der Waals surface area contributed by atoms with E-state index < -0.39 is 36.9 Å². The van der Waals surface area contributed by atoms with Crippen LogP contribution in [0.4, 0.5) is 26.3 Å². The van der Waals surface area contributed by atoms with Gasteiger partial charge < -0.3 is 13.8 Å². The van der Waals surface area contributed by atoms with Gasteiger partial charge in [-0.05, 0) is 31.2 Å². The van der Waals surface area contributed by atoms with E-state index in [4.69, 9.17) is 8.94 Å². The van der Waals surface area contributed by atoms with Gasteiger partial charge in [-0.1, -0.05) is 23.4 Å². The highest BCUT2D eigenvalue weighted by molar-refractivity contribution is 6.07. The zero-order valence-electron chi connectivity index (χ0n) is 17.4. The molecule has 0 unspecified atom stereocenters. The number of aryl methyl sites for hydroxylation is 1. The Balaban J connectivity index is 1.88. The number of fused-ring (bicyclic) bond motifs is 1. The van der Waals surface area contributed by atoms with Crippen LogP contribution in [-0.4, -0.2) is 33.7 Å². The Morgan fingerprint density at radius 1 is 1.06 bits per heavy atom. The maximum Gasteiger partial charge on any atom is 0.417 e. The number of carbonyl (C=O) groups excluding carboxylic acids is 1. The number of rotatable bonds is 5. The Kier molecular flexibility index (Phi) is 5.84. The summed E-state index contributed by atoms with van der Waals surface area (Å²) in [7, 11) is 0. The number of aromatic nitrogens is 2. The minimum atomic E-state index is -4.75. The number of hydrogen-bond donors (Lipinski definition) is 0. The summed E-state index contributed by atoms with van der Waals surface area (Å²) in [5, 5.41) is 3.69. The molecular weight excluding hydrogens is 468 g/mol. The molecule has 3 heterocycles. The number of carbonyl (C=O) groups is 1. The summed E-state index contributed by atoms with van der Waals surface area (Å²) in [6.45, 7) is -0.697. The van der Waals surface area contributed by atoms with Crippen molar-refractivity contribution in [3.8, 4) is 11.3 Å². The van der Waals surface area contributed by atoms with Crippen LogP contribution in [0.2, 0.25) is 0 Å². The highest BCUT2D eigenvalue weighted by Gasteiger charge is 2.36. The molecule has 0 atom stereocenters. The maximum absolute atomic E-state index is 13.6. The highest BCUT2D eigenvalue weighted by Crippen LogP contribution is 2.38. The summed E-state index contributed by atoms with van der Waals surface area (Å²) >= 11 is 0. The fraction of sp³-hybridized carbons (Fsp3) is 0.227. The number of amides is 1. The van der Waals surface area contributed by atoms with E-state index in [9.17, 15) is 31.1 Å². The summed E-state index contributed by atoms with van der Waals surface area (Å²) in [6, 6.07) is 8.37. The first-order valence-corrected chi connectivity index (χ1v) is 9.76. The Labute approximate surface area is 187 Å². The van der Waals surface area contributed by atoms with Gasteiger partial charge in [0.1, 0.15) is 12.3 Å². The lowest BCUT2D eigenvalue weighted by atomic mass is 10.00. The number of alkyl halides is 6. The van der Waals surface area contributed by atoms with Crippen LogP contribution in [0.5, 0.6) is 0 Å². The minimum Gasteiger partial charge on any atom is -0.467 e. The largest absolute Gasteiger partial charge is 0.467 e. The maximum atomic E-state index is 13.6. The average molecular weight is 483 g/mol. The van der Waals surface area contributed by atoms with E-state index >= 15 is 0 Å². The lowest BCUT2D eigenvalue weighted by molar-refractivity contribution is -0.142. The molecule has 0 radical (unpaired) electrons. The quantitative estimate of drug-likeness (QED) is 0.325. The molecule has 3 aromatic heterocycles. The van der Waals surface area contributed by atoms with Gasteiger partial charge >= 0.3 is 12.4 Å². The summed E-state index contributed by atoms with van der Waals surface area (Å²) in [5.74, 6) is -1.01. The molecule has 4 aromatic rings. The van der Waals surface area contributed by atoms with Crippen LogP contribution in [0.15, 0.2) is 57.7 Å². The van der Waals surface area contributed by atoms with Gasteiger partial charge in [0.2, 0.25) is 0 Å². The Morgan fingerprint density at radius 2 is 1.79 bits per heavy atom. The van der Waals surface area contributed by atoms with Gasteiger partial charge in [0.05, 0.1) is 40.7 Å². The van der Waals surface area contributed by atoms with Crippen molar-refractivity contribution in [1.29, 1.82) is 0 Å². The van der Waals surface area contributed by atoms with Gasteiger partial charge in [0, 0.05) is 5.56 Å². The molecule has 178 valence electrons. The number of nitrogens with zero attached hydrogens (tertiary/aromatic N) is 3. The number of benzene rings is 1. The second kappa shape index (κ2) is 8.50. The van der Waals surface area contributed by atoms with Crippen molar-refractivity contribution in [3.05, 3.63) is 71.3 Å². The third-order valence-corrected chi connectivity index (χ3v) is 4.94. The lowest BCUT2D eigenvalue weighted by Crippen LogP contribution is -2.38. The summed E-state index contributed by atoms with van der Waals surface area (Å²) in [5.41, 5.74) is -2.16. The predicted molar refractivity (Wildman–Crippen MR) is 106 cm³/mol. The van der Waals surface area contributed by atoms with Crippen molar-refractivity contribution in [3.63, 3.8) is 0 Å². The summed E-state index contributed by atoms with van der Waals surface area (Å²) in [6.07, 6.45) is -8.24. The molecule has 1 amide bonds. The van der Waals surface area contributed by atoms with E-state index in [-0.39, 0.29) is 39.4 Å². The smallest absolute Gasteiger partial charge is 0.417 e. The number of halogens is 6. The molecular formula is C22H15F6N3O3. The molecule has 6 nitrogen and oxygen atoms in total. The Morgan fingerprint density at radius 3 is 2.44 bits per heavy atom. The third kappa shape index (κ3) is 4.75.